The molecule has 0 fully saturated rings. The summed E-state index contributed by atoms with van der Waals surface area (Å²) in [6.07, 6.45) is 0. The van der Waals surface area contributed by atoms with Gasteiger partial charge >= 0.3 is 7.60 Å². The second kappa shape index (κ2) is 12.2. The number of rotatable bonds is 11. The summed E-state index contributed by atoms with van der Waals surface area (Å²) in [6.45, 7) is 3.88. The van der Waals surface area contributed by atoms with Crippen LogP contribution in [0.4, 0.5) is 0 Å². The molecule has 1 unspecified atom stereocenters. The smallest absolute Gasteiger partial charge is 0.337 e. The summed E-state index contributed by atoms with van der Waals surface area (Å²) in [4.78, 5) is 14.8. The minimum absolute atomic E-state index is 0.178. The maximum atomic E-state index is 14.8. The van der Waals surface area contributed by atoms with Crippen molar-refractivity contribution < 1.29 is 18.4 Å². The third-order valence-electron chi connectivity index (χ3n) is 6.28. The Morgan fingerprint density at radius 1 is 0.676 bits per heavy atom. The first kappa shape index (κ1) is 26.6. The van der Waals surface area contributed by atoms with E-state index in [-0.39, 0.29) is 19.1 Å². The molecule has 0 radical (unpaired) electrons. The fourth-order valence-corrected chi connectivity index (χ4v) is 6.62. The van der Waals surface area contributed by atoms with Crippen LogP contribution in [-0.4, -0.2) is 19.1 Å². The Bertz CT molecular complexity index is 1210. The highest BCUT2D eigenvalue weighted by Gasteiger charge is 2.47. The van der Waals surface area contributed by atoms with Crippen LogP contribution >= 0.6 is 7.60 Å². The molecule has 6 heteroatoms. The first-order chi connectivity index (χ1) is 18.1. The Hall–Kier alpha value is -3.50. The van der Waals surface area contributed by atoms with Gasteiger partial charge in [0.25, 0.3) is 0 Å². The Morgan fingerprint density at radius 3 is 1.38 bits per heavy atom. The predicted molar refractivity (Wildman–Crippen MR) is 147 cm³/mol. The third-order valence-corrected chi connectivity index (χ3v) is 8.57. The van der Waals surface area contributed by atoms with Gasteiger partial charge in [0.1, 0.15) is 5.41 Å². The average molecular weight is 514 g/mol. The van der Waals surface area contributed by atoms with E-state index in [1.54, 1.807) is 13.8 Å². The van der Waals surface area contributed by atoms with Crippen LogP contribution < -0.4 is 5.32 Å². The number of amides is 1. The van der Waals surface area contributed by atoms with E-state index < -0.39 is 18.8 Å². The van der Waals surface area contributed by atoms with Crippen molar-refractivity contribution in [2.75, 3.05) is 13.2 Å². The summed E-state index contributed by atoms with van der Waals surface area (Å²) in [5.74, 6) is -1.33. The van der Waals surface area contributed by atoms with Gasteiger partial charge < -0.3 is 14.4 Å². The zero-order chi connectivity index (χ0) is 26.1. The van der Waals surface area contributed by atoms with E-state index in [0.717, 1.165) is 16.7 Å². The van der Waals surface area contributed by atoms with E-state index in [1.165, 1.54) is 0 Å². The summed E-state index contributed by atoms with van der Waals surface area (Å²) in [5.41, 5.74) is 1.79. The van der Waals surface area contributed by atoms with Crippen LogP contribution in [0.3, 0.4) is 0 Å². The molecule has 0 saturated carbocycles. The molecule has 0 aromatic heterocycles. The molecular weight excluding hydrogens is 481 g/mol. The van der Waals surface area contributed by atoms with E-state index in [1.807, 2.05) is 121 Å². The van der Waals surface area contributed by atoms with Crippen molar-refractivity contribution in [1.82, 2.24) is 5.32 Å². The van der Waals surface area contributed by atoms with Crippen LogP contribution in [0.25, 0.3) is 0 Å². The Kier molecular flexibility index (Phi) is 8.73. The van der Waals surface area contributed by atoms with E-state index in [9.17, 15) is 9.36 Å². The standard InChI is InChI=1S/C31H32NO4P/c1-3-35-37(34,36-4-2)29(25-17-9-5-10-18-25)32-30(33)31(26-19-11-6-12-20-26,27-21-13-7-14-22-27)28-23-15-8-16-24-28/h5-24,29H,3-4H2,1-2H3,(H,32,33). The fraction of sp³-hybridized carbons (Fsp3) is 0.194. The molecule has 1 N–H and O–H groups in total. The molecule has 0 saturated heterocycles. The zero-order valence-electron chi connectivity index (χ0n) is 21.1. The van der Waals surface area contributed by atoms with Gasteiger partial charge in [0.05, 0.1) is 13.2 Å². The van der Waals surface area contributed by atoms with Gasteiger partial charge in [-0.25, -0.2) is 0 Å². The molecular formula is C31H32NO4P. The largest absolute Gasteiger partial charge is 0.357 e. The topological polar surface area (TPSA) is 64.6 Å². The quantitative estimate of drug-likeness (QED) is 0.172. The summed E-state index contributed by atoms with van der Waals surface area (Å²) in [6, 6.07) is 38.2. The Labute approximate surface area is 219 Å². The molecule has 0 aliphatic rings. The van der Waals surface area contributed by atoms with Crippen LogP contribution in [-0.2, 0) is 23.8 Å². The van der Waals surface area contributed by atoms with Gasteiger partial charge in [0, 0.05) is 0 Å². The van der Waals surface area contributed by atoms with Gasteiger partial charge in [-0.2, -0.15) is 0 Å². The Morgan fingerprint density at radius 2 is 1.03 bits per heavy atom. The lowest BCUT2D eigenvalue weighted by Crippen LogP contribution is -2.47. The van der Waals surface area contributed by atoms with Crippen LogP contribution in [0.15, 0.2) is 121 Å². The normalized spacial score (nSPS) is 12.6. The van der Waals surface area contributed by atoms with Crippen LogP contribution in [0, 0.1) is 0 Å². The van der Waals surface area contributed by atoms with E-state index in [0.29, 0.717) is 5.56 Å². The van der Waals surface area contributed by atoms with Crippen LogP contribution in [0.1, 0.15) is 41.9 Å². The van der Waals surface area contributed by atoms with Crippen molar-refractivity contribution in [2.45, 2.75) is 25.0 Å². The van der Waals surface area contributed by atoms with Crippen LogP contribution in [0.5, 0.6) is 0 Å². The molecule has 37 heavy (non-hydrogen) atoms. The SMILES string of the molecule is CCOP(=O)(OCC)C(NC(=O)C(c1ccccc1)(c1ccccc1)c1ccccc1)c1ccccc1. The highest BCUT2D eigenvalue weighted by atomic mass is 31.2. The summed E-state index contributed by atoms with van der Waals surface area (Å²) in [7, 11) is -3.78. The van der Waals surface area contributed by atoms with E-state index in [4.69, 9.17) is 9.05 Å². The number of hydrogen-bond donors (Lipinski definition) is 1. The van der Waals surface area contributed by atoms with Crippen molar-refractivity contribution in [1.29, 1.82) is 0 Å². The molecule has 0 aliphatic heterocycles. The highest BCUT2D eigenvalue weighted by molar-refractivity contribution is 7.54. The van der Waals surface area contributed by atoms with Gasteiger partial charge in [-0.15, -0.1) is 0 Å². The molecule has 0 heterocycles. The minimum atomic E-state index is -3.78. The number of nitrogens with one attached hydrogen (secondary N) is 1. The lowest BCUT2D eigenvalue weighted by atomic mass is 9.68. The number of benzene rings is 4. The summed E-state index contributed by atoms with van der Waals surface area (Å²) in [5, 5.41) is 3.13. The molecule has 4 aromatic rings. The zero-order valence-corrected chi connectivity index (χ0v) is 22.0. The molecule has 1 atom stereocenters. The second-order valence-corrected chi connectivity index (χ2v) is 10.6. The maximum Gasteiger partial charge on any atom is 0.357 e. The van der Waals surface area contributed by atoms with Gasteiger partial charge in [0.15, 0.2) is 5.78 Å². The molecule has 0 bridgehead atoms. The monoisotopic (exact) mass is 513 g/mol. The first-order valence-electron chi connectivity index (χ1n) is 12.5. The van der Waals surface area contributed by atoms with E-state index >= 15 is 0 Å². The lowest BCUT2D eigenvalue weighted by Gasteiger charge is -2.37. The molecule has 190 valence electrons. The first-order valence-corrected chi connectivity index (χ1v) is 14.1. The Balaban J connectivity index is 1.95. The highest BCUT2D eigenvalue weighted by Crippen LogP contribution is 2.60. The molecule has 0 aliphatic carbocycles. The number of carbonyl (C=O) groups excluding carboxylic acids is 1. The maximum absolute atomic E-state index is 14.8. The average Bonchev–Trinajstić information content (AvgIpc) is 2.95. The lowest BCUT2D eigenvalue weighted by molar-refractivity contribution is -0.124. The van der Waals surface area contributed by atoms with Crippen molar-refractivity contribution >= 4 is 13.5 Å². The van der Waals surface area contributed by atoms with Crippen molar-refractivity contribution in [3.05, 3.63) is 144 Å². The minimum Gasteiger partial charge on any atom is -0.337 e. The molecule has 5 nitrogen and oxygen atoms in total. The van der Waals surface area contributed by atoms with E-state index in [2.05, 4.69) is 5.32 Å². The van der Waals surface area contributed by atoms with Gasteiger partial charge in [-0.05, 0) is 36.1 Å². The molecule has 1 amide bonds. The van der Waals surface area contributed by atoms with Crippen molar-refractivity contribution in [2.24, 2.45) is 0 Å². The van der Waals surface area contributed by atoms with Crippen LogP contribution in [0.2, 0.25) is 0 Å². The third kappa shape index (κ3) is 5.45. The van der Waals surface area contributed by atoms with Gasteiger partial charge in [0.2, 0.25) is 5.91 Å². The molecule has 4 rings (SSSR count). The van der Waals surface area contributed by atoms with Gasteiger partial charge in [-0.3, -0.25) is 9.36 Å². The second-order valence-electron chi connectivity index (χ2n) is 8.51. The van der Waals surface area contributed by atoms with Gasteiger partial charge in [-0.1, -0.05) is 121 Å². The number of carbonyl (C=O) groups is 1. The summed E-state index contributed by atoms with van der Waals surface area (Å²) >= 11 is 0. The fourth-order valence-electron chi connectivity index (χ4n) is 4.72. The molecule has 4 aromatic carbocycles. The number of hydrogen-bond acceptors (Lipinski definition) is 4. The van der Waals surface area contributed by atoms with Crippen molar-refractivity contribution in [3.8, 4) is 0 Å². The molecule has 0 spiro atoms. The van der Waals surface area contributed by atoms with Crippen molar-refractivity contribution in [3.63, 3.8) is 0 Å². The predicted octanol–water partition coefficient (Wildman–Crippen LogP) is 7.10. The summed E-state index contributed by atoms with van der Waals surface area (Å²) < 4.78 is 25.6.